The third-order valence-corrected chi connectivity index (χ3v) is 6.92. The van der Waals surface area contributed by atoms with Gasteiger partial charge in [-0.25, -0.2) is 12.8 Å². The van der Waals surface area contributed by atoms with Gasteiger partial charge in [0.05, 0.1) is 10.6 Å². The molecule has 0 spiro atoms. The lowest BCUT2D eigenvalue weighted by Crippen LogP contribution is -2.30. The quantitative estimate of drug-likeness (QED) is 0.785. The molecular weight excluding hydrogens is 395 g/mol. The summed E-state index contributed by atoms with van der Waals surface area (Å²) in [4.78, 5) is 26.3. The van der Waals surface area contributed by atoms with Crippen LogP contribution in [0.2, 0.25) is 0 Å². The molecule has 152 valence electrons. The van der Waals surface area contributed by atoms with Crippen molar-refractivity contribution in [1.82, 2.24) is 0 Å². The van der Waals surface area contributed by atoms with Crippen molar-refractivity contribution in [3.8, 4) is 0 Å². The molecule has 1 heterocycles. The molecule has 8 heteroatoms. The van der Waals surface area contributed by atoms with Crippen LogP contribution in [0.1, 0.15) is 24.8 Å². The number of anilines is 2. The first-order valence-electron chi connectivity index (χ1n) is 9.56. The molecule has 0 saturated heterocycles. The molecule has 1 N–H and O–H groups in total. The van der Waals surface area contributed by atoms with E-state index in [-0.39, 0.29) is 34.6 Å². The highest BCUT2D eigenvalue weighted by molar-refractivity contribution is 7.91. The highest BCUT2D eigenvalue weighted by Crippen LogP contribution is 2.37. The highest BCUT2D eigenvalue weighted by atomic mass is 32.2. The zero-order valence-electron chi connectivity index (χ0n) is 15.7. The lowest BCUT2D eigenvalue weighted by Gasteiger charge is -2.17. The number of amides is 2. The van der Waals surface area contributed by atoms with Crippen molar-refractivity contribution < 1.29 is 22.4 Å². The zero-order valence-corrected chi connectivity index (χ0v) is 16.5. The van der Waals surface area contributed by atoms with Crippen LogP contribution in [0.5, 0.6) is 0 Å². The molecule has 2 amide bonds. The monoisotopic (exact) mass is 416 g/mol. The number of rotatable bonds is 6. The fourth-order valence-corrected chi connectivity index (χ4v) is 4.77. The Morgan fingerprint density at radius 2 is 1.93 bits per heavy atom. The molecule has 29 heavy (non-hydrogen) atoms. The summed E-state index contributed by atoms with van der Waals surface area (Å²) in [6.45, 7) is 0.574. The Bertz CT molecular complexity index is 1080. The Balaban J connectivity index is 1.41. The summed E-state index contributed by atoms with van der Waals surface area (Å²) >= 11 is 0. The van der Waals surface area contributed by atoms with Crippen LogP contribution < -0.4 is 10.2 Å². The van der Waals surface area contributed by atoms with Crippen molar-refractivity contribution >= 4 is 33.0 Å². The van der Waals surface area contributed by atoms with Crippen molar-refractivity contribution in [3.63, 3.8) is 0 Å². The molecule has 0 aromatic heterocycles. The molecule has 0 radical (unpaired) electrons. The maximum atomic E-state index is 13.2. The summed E-state index contributed by atoms with van der Waals surface area (Å²) < 4.78 is 38.5. The SMILES string of the molecule is O=C(CCS(=O)(=O)c1ccc2c(c1)CCN2C(=O)C1CC1)Nc1cccc(F)c1. The van der Waals surface area contributed by atoms with Crippen LogP contribution in [0.4, 0.5) is 15.8 Å². The van der Waals surface area contributed by atoms with Gasteiger partial charge >= 0.3 is 0 Å². The van der Waals surface area contributed by atoms with Gasteiger partial charge in [0.15, 0.2) is 9.84 Å². The van der Waals surface area contributed by atoms with Crippen molar-refractivity contribution in [2.75, 3.05) is 22.5 Å². The number of hydrogen-bond donors (Lipinski definition) is 1. The number of carbonyl (C=O) groups is 2. The fourth-order valence-electron chi connectivity index (χ4n) is 3.49. The fraction of sp³-hybridized carbons (Fsp3) is 0.333. The van der Waals surface area contributed by atoms with E-state index in [9.17, 15) is 22.4 Å². The lowest BCUT2D eigenvalue weighted by molar-refractivity contribution is -0.119. The van der Waals surface area contributed by atoms with Gasteiger partial charge in [-0.2, -0.15) is 0 Å². The van der Waals surface area contributed by atoms with Crippen molar-refractivity contribution in [2.45, 2.75) is 30.6 Å². The second kappa shape index (κ2) is 7.59. The molecule has 2 aromatic carbocycles. The summed E-state index contributed by atoms with van der Waals surface area (Å²) in [5.41, 5.74) is 1.90. The Labute approximate surface area is 168 Å². The lowest BCUT2D eigenvalue weighted by atomic mass is 10.2. The maximum absolute atomic E-state index is 13.2. The summed E-state index contributed by atoms with van der Waals surface area (Å²) in [5, 5.41) is 2.50. The summed E-state index contributed by atoms with van der Waals surface area (Å²) in [7, 11) is -3.66. The Kier molecular flexibility index (Phi) is 5.12. The molecule has 1 fully saturated rings. The van der Waals surface area contributed by atoms with Crippen LogP contribution in [0.25, 0.3) is 0 Å². The molecule has 4 rings (SSSR count). The van der Waals surface area contributed by atoms with Gasteiger partial charge in [0.25, 0.3) is 0 Å². The van der Waals surface area contributed by atoms with Gasteiger partial charge < -0.3 is 10.2 Å². The third kappa shape index (κ3) is 4.32. The van der Waals surface area contributed by atoms with Crippen LogP contribution in [-0.2, 0) is 25.8 Å². The molecule has 6 nitrogen and oxygen atoms in total. The molecular formula is C21H21FN2O4S. The number of nitrogens with zero attached hydrogens (tertiary/aromatic N) is 1. The van der Waals surface area contributed by atoms with E-state index in [1.165, 1.54) is 30.3 Å². The summed E-state index contributed by atoms with van der Waals surface area (Å²) in [6.07, 6.45) is 2.24. The largest absolute Gasteiger partial charge is 0.326 e. The topological polar surface area (TPSA) is 83.6 Å². The standard InChI is InChI=1S/C21H21FN2O4S/c22-16-2-1-3-17(13-16)23-20(25)9-11-29(27,28)18-6-7-19-15(12-18)8-10-24(19)21(26)14-4-5-14/h1-3,6-7,12-14H,4-5,8-11H2,(H,23,25). The molecule has 0 unspecified atom stereocenters. The molecule has 2 aliphatic rings. The molecule has 1 saturated carbocycles. The van der Waals surface area contributed by atoms with Crippen LogP contribution >= 0.6 is 0 Å². The van der Waals surface area contributed by atoms with Crippen LogP contribution in [-0.4, -0.2) is 32.5 Å². The summed E-state index contributed by atoms with van der Waals surface area (Å²) in [5.74, 6) is -1.10. The predicted molar refractivity (Wildman–Crippen MR) is 107 cm³/mol. The van der Waals surface area contributed by atoms with Crippen LogP contribution in [0, 0.1) is 11.7 Å². The van der Waals surface area contributed by atoms with Gasteiger partial charge in [0.1, 0.15) is 5.82 Å². The number of nitrogens with one attached hydrogen (secondary N) is 1. The van der Waals surface area contributed by atoms with Crippen molar-refractivity contribution in [1.29, 1.82) is 0 Å². The smallest absolute Gasteiger partial charge is 0.230 e. The predicted octanol–water partition coefficient (Wildman–Crippen LogP) is 2.93. The second-order valence-electron chi connectivity index (χ2n) is 7.43. The van der Waals surface area contributed by atoms with E-state index < -0.39 is 21.6 Å². The number of carbonyl (C=O) groups excluding carboxylic acids is 2. The number of sulfone groups is 1. The Morgan fingerprint density at radius 3 is 2.66 bits per heavy atom. The zero-order chi connectivity index (χ0) is 20.6. The van der Waals surface area contributed by atoms with Gasteiger partial charge in [-0.3, -0.25) is 9.59 Å². The van der Waals surface area contributed by atoms with Crippen molar-refractivity contribution in [3.05, 3.63) is 53.8 Å². The van der Waals surface area contributed by atoms with Gasteiger partial charge in [-0.15, -0.1) is 0 Å². The van der Waals surface area contributed by atoms with Gasteiger partial charge in [-0.1, -0.05) is 6.07 Å². The van der Waals surface area contributed by atoms with E-state index in [1.807, 2.05) is 0 Å². The molecule has 0 bridgehead atoms. The first-order valence-corrected chi connectivity index (χ1v) is 11.2. The van der Waals surface area contributed by atoms with Gasteiger partial charge in [-0.05, 0) is 61.2 Å². The highest BCUT2D eigenvalue weighted by Gasteiger charge is 2.36. The second-order valence-corrected chi connectivity index (χ2v) is 9.54. The number of hydrogen-bond acceptors (Lipinski definition) is 4. The molecule has 2 aromatic rings. The van der Waals surface area contributed by atoms with E-state index in [4.69, 9.17) is 0 Å². The van der Waals surface area contributed by atoms with Crippen LogP contribution in [0.3, 0.4) is 0 Å². The first-order chi connectivity index (χ1) is 13.8. The van der Waals surface area contributed by atoms with E-state index in [0.29, 0.717) is 13.0 Å². The van der Waals surface area contributed by atoms with Gasteiger partial charge in [0, 0.05) is 30.3 Å². The number of halogens is 1. The maximum Gasteiger partial charge on any atom is 0.230 e. The number of benzene rings is 2. The molecule has 1 aliphatic carbocycles. The van der Waals surface area contributed by atoms with E-state index >= 15 is 0 Å². The minimum atomic E-state index is -3.66. The third-order valence-electron chi connectivity index (χ3n) is 5.20. The van der Waals surface area contributed by atoms with E-state index in [1.54, 1.807) is 17.0 Å². The average molecular weight is 416 g/mol. The number of fused-ring (bicyclic) bond motifs is 1. The van der Waals surface area contributed by atoms with Crippen LogP contribution in [0.15, 0.2) is 47.4 Å². The average Bonchev–Trinajstić information content (AvgIpc) is 3.45. The van der Waals surface area contributed by atoms with Gasteiger partial charge in [0.2, 0.25) is 11.8 Å². The molecule has 1 aliphatic heterocycles. The Morgan fingerprint density at radius 1 is 1.14 bits per heavy atom. The van der Waals surface area contributed by atoms with Crippen molar-refractivity contribution in [2.24, 2.45) is 5.92 Å². The van der Waals surface area contributed by atoms with E-state index in [0.717, 1.165) is 24.1 Å². The normalized spacial score (nSPS) is 15.8. The van der Waals surface area contributed by atoms with E-state index in [2.05, 4.69) is 5.32 Å². The molecule has 0 atom stereocenters. The minimum Gasteiger partial charge on any atom is -0.326 e. The minimum absolute atomic E-state index is 0.112. The Hall–Kier alpha value is -2.74. The summed E-state index contributed by atoms with van der Waals surface area (Å²) in [6, 6.07) is 10.2. The first kappa shape index (κ1) is 19.6.